The summed E-state index contributed by atoms with van der Waals surface area (Å²) >= 11 is 1.62. The number of amides is 1. The minimum Gasteiger partial charge on any atom is -0.345 e. The van der Waals surface area contributed by atoms with E-state index in [2.05, 4.69) is 20.1 Å². The van der Waals surface area contributed by atoms with Crippen molar-refractivity contribution in [3.63, 3.8) is 0 Å². The Labute approximate surface area is 172 Å². The fourth-order valence-corrected chi connectivity index (χ4v) is 4.53. The molecule has 1 amide bonds. The van der Waals surface area contributed by atoms with Gasteiger partial charge in [-0.3, -0.25) is 4.79 Å². The molecule has 0 unspecified atom stereocenters. The van der Waals surface area contributed by atoms with E-state index in [-0.39, 0.29) is 5.91 Å². The first-order valence-corrected chi connectivity index (χ1v) is 10.8. The van der Waals surface area contributed by atoms with Gasteiger partial charge < -0.3 is 9.88 Å². The van der Waals surface area contributed by atoms with Crippen LogP contribution in [0, 0.1) is 0 Å². The van der Waals surface area contributed by atoms with Gasteiger partial charge in [0, 0.05) is 18.4 Å². The zero-order chi connectivity index (χ0) is 19.6. The van der Waals surface area contributed by atoms with Gasteiger partial charge in [-0.15, -0.1) is 21.5 Å². The van der Waals surface area contributed by atoms with Crippen molar-refractivity contribution >= 4 is 28.1 Å². The third-order valence-electron chi connectivity index (χ3n) is 5.33. The van der Waals surface area contributed by atoms with Crippen LogP contribution in [-0.4, -0.2) is 25.7 Å². The predicted molar refractivity (Wildman–Crippen MR) is 114 cm³/mol. The van der Waals surface area contributed by atoms with Gasteiger partial charge in [0.15, 0.2) is 5.82 Å². The lowest BCUT2D eigenvalue weighted by atomic mass is 10.1. The van der Waals surface area contributed by atoms with E-state index < -0.39 is 0 Å². The van der Waals surface area contributed by atoms with Crippen molar-refractivity contribution in [2.24, 2.45) is 0 Å². The Balaban J connectivity index is 1.45. The SMILES string of the molecule is O=C(NCc1nnc2n1CCCCC2)c1cc(-c2cccs2)nc2ccccc12. The predicted octanol–water partition coefficient (Wildman–Crippen LogP) is 4.21. The summed E-state index contributed by atoms with van der Waals surface area (Å²) in [5.74, 6) is 1.74. The molecule has 1 N–H and O–H groups in total. The summed E-state index contributed by atoms with van der Waals surface area (Å²) in [5, 5.41) is 14.6. The van der Waals surface area contributed by atoms with Crippen molar-refractivity contribution in [2.45, 2.75) is 38.8 Å². The van der Waals surface area contributed by atoms with E-state index in [1.54, 1.807) is 11.3 Å². The molecule has 4 heterocycles. The number of benzene rings is 1. The zero-order valence-corrected chi connectivity index (χ0v) is 16.8. The highest BCUT2D eigenvalue weighted by atomic mass is 32.1. The maximum Gasteiger partial charge on any atom is 0.252 e. The van der Waals surface area contributed by atoms with Crippen LogP contribution in [-0.2, 0) is 19.5 Å². The number of hydrogen-bond donors (Lipinski definition) is 1. The number of rotatable bonds is 4. The normalized spacial score (nSPS) is 13.8. The number of hydrogen-bond acceptors (Lipinski definition) is 5. The van der Waals surface area contributed by atoms with E-state index in [9.17, 15) is 4.79 Å². The molecular weight excluding hydrogens is 382 g/mol. The first kappa shape index (κ1) is 18.0. The molecule has 0 saturated heterocycles. The second kappa shape index (κ2) is 7.75. The van der Waals surface area contributed by atoms with E-state index in [0.717, 1.165) is 58.9 Å². The quantitative estimate of drug-likeness (QED) is 0.554. The lowest BCUT2D eigenvalue weighted by Crippen LogP contribution is -2.25. The molecule has 4 aromatic rings. The Morgan fingerprint density at radius 2 is 2.03 bits per heavy atom. The smallest absolute Gasteiger partial charge is 0.252 e. The van der Waals surface area contributed by atoms with Gasteiger partial charge in [0.2, 0.25) is 0 Å². The molecule has 0 fully saturated rings. The van der Waals surface area contributed by atoms with Gasteiger partial charge >= 0.3 is 0 Å². The van der Waals surface area contributed by atoms with E-state index >= 15 is 0 Å². The van der Waals surface area contributed by atoms with Crippen molar-refractivity contribution in [2.75, 3.05) is 0 Å². The van der Waals surface area contributed by atoms with Crippen LogP contribution in [0.3, 0.4) is 0 Å². The second-order valence-electron chi connectivity index (χ2n) is 7.23. The number of para-hydroxylation sites is 1. The third-order valence-corrected chi connectivity index (χ3v) is 6.22. The molecule has 5 rings (SSSR count). The highest BCUT2D eigenvalue weighted by Gasteiger charge is 2.17. The number of carbonyl (C=O) groups is 1. The first-order chi connectivity index (χ1) is 14.3. The van der Waals surface area contributed by atoms with Crippen LogP contribution in [0.15, 0.2) is 47.8 Å². The topological polar surface area (TPSA) is 72.7 Å². The Morgan fingerprint density at radius 3 is 2.93 bits per heavy atom. The van der Waals surface area contributed by atoms with Crippen LogP contribution in [0.5, 0.6) is 0 Å². The average Bonchev–Trinajstić information content (AvgIpc) is 3.36. The number of fused-ring (bicyclic) bond motifs is 2. The fraction of sp³-hybridized carbons (Fsp3) is 0.273. The number of nitrogens with one attached hydrogen (secondary N) is 1. The molecule has 1 aromatic carbocycles. The van der Waals surface area contributed by atoms with E-state index in [1.807, 2.05) is 47.8 Å². The minimum absolute atomic E-state index is 0.118. The molecule has 6 nitrogen and oxygen atoms in total. The van der Waals surface area contributed by atoms with Crippen molar-refractivity contribution in [3.8, 4) is 10.6 Å². The Kier molecular flexibility index (Phi) is 4.81. The monoisotopic (exact) mass is 403 g/mol. The Bertz CT molecular complexity index is 1170. The van der Waals surface area contributed by atoms with Crippen molar-refractivity contribution in [1.29, 1.82) is 0 Å². The minimum atomic E-state index is -0.118. The molecule has 1 aliphatic heterocycles. The summed E-state index contributed by atoms with van der Waals surface area (Å²) in [4.78, 5) is 18.9. The van der Waals surface area contributed by atoms with Crippen LogP contribution >= 0.6 is 11.3 Å². The highest BCUT2D eigenvalue weighted by Crippen LogP contribution is 2.28. The standard InChI is InChI=1S/C22H21N5OS/c28-22(23-14-21-26-25-20-10-2-1-5-11-27(20)21)16-13-18(19-9-6-12-29-19)24-17-8-4-3-7-15(16)17/h3-4,6-9,12-13H,1-2,5,10-11,14H2,(H,23,28). The molecule has 0 atom stereocenters. The van der Waals surface area contributed by atoms with Crippen molar-refractivity contribution in [3.05, 3.63) is 65.1 Å². The Hall–Kier alpha value is -3.06. The molecule has 1 aliphatic rings. The number of thiophene rings is 1. The molecule has 3 aromatic heterocycles. The number of aromatic nitrogens is 4. The maximum absolute atomic E-state index is 13.1. The number of pyridine rings is 1. The molecule has 0 aliphatic carbocycles. The van der Waals surface area contributed by atoms with Gasteiger partial charge in [0.1, 0.15) is 5.82 Å². The van der Waals surface area contributed by atoms with Gasteiger partial charge in [0.25, 0.3) is 5.91 Å². The summed E-state index contributed by atoms with van der Waals surface area (Å²) in [6.07, 6.45) is 4.45. The van der Waals surface area contributed by atoms with E-state index in [0.29, 0.717) is 12.1 Å². The summed E-state index contributed by atoms with van der Waals surface area (Å²) in [5.41, 5.74) is 2.27. The first-order valence-electron chi connectivity index (χ1n) is 9.92. The van der Waals surface area contributed by atoms with Crippen LogP contribution in [0.4, 0.5) is 0 Å². The lowest BCUT2D eigenvalue weighted by Gasteiger charge is -2.11. The lowest BCUT2D eigenvalue weighted by molar-refractivity contribution is 0.0951. The molecule has 0 radical (unpaired) electrons. The van der Waals surface area contributed by atoms with Crippen molar-refractivity contribution in [1.82, 2.24) is 25.1 Å². The van der Waals surface area contributed by atoms with Gasteiger partial charge in [-0.25, -0.2) is 4.98 Å². The molecule has 0 saturated carbocycles. The Morgan fingerprint density at radius 1 is 1.10 bits per heavy atom. The molecule has 0 spiro atoms. The highest BCUT2D eigenvalue weighted by molar-refractivity contribution is 7.13. The van der Waals surface area contributed by atoms with Gasteiger partial charge in [-0.1, -0.05) is 30.7 Å². The van der Waals surface area contributed by atoms with Gasteiger partial charge in [0.05, 0.1) is 28.2 Å². The van der Waals surface area contributed by atoms with Crippen LogP contribution in [0.25, 0.3) is 21.5 Å². The largest absolute Gasteiger partial charge is 0.345 e. The van der Waals surface area contributed by atoms with Gasteiger partial charge in [-0.05, 0) is 36.4 Å². The van der Waals surface area contributed by atoms with E-state index in [4.69, 9.17) is 4.98 Å². The zero-order valence-electron chi connectivity index (χ0n) is 16.0. The van der Waals surface area contributed by atoms with E-state index in [1.165, 1.54) is 6.42 Å². The van der Waals surface area contributed by atoms with Crippen LogP contribution in [0.2, 0.25) is 0 Å². The summed E-state index contributed by atoms with van der Waals surface area (Å²) in [6, 6.07) is 13.7. The summed E-state index contributed by atoms with van der Waals surface area (Å²) in [6.45, 7) is 1.30. The summed E-state index contributed by atoms with van der Waals surface area (Å²) < 4.78 is 2.16. The molecule has 146 valence electrons. The fourth-order valence-electron chi connectivity index (χ4n) is 3.84. The summed E-state index contributed by atoms with van der Waals surface area (Å²) in [7, 11) is 0. The molecule has 29 heavy (non-hydrogen) atoms. The van der Waals surface area contributed by atoms with Crippen LogP contribution < -0.4 is 5.32 Å². The maximum atomic E-state index is 13.1. The number of aryl methyl sites for hydroxylation is 1. The second-order valence-corrected chi connectivity index (χ2v) is 8.17. The average molecular weight is 404 g/mol. The van der Waals surface area contributed by atoms with Crippen LogP contribution in [0.1, 0.15) is 41.3 Å². The molecule has 0 bridgehead atoms. The number of carbonyl (C=O) groups excluding carboxylic acids is 1. The third kappa shape index (κ3) is 3.53. The number of nitrogens with zero attached hydrogens (tertiary/aromatic N) is 4. The molecule has 7 heteroatoms. The molecular formula is C22H21N5OS. The van der Waals surface area contributed by atoms with Crippen molar-refractivity contribution < 1.29 is 4.79 Å². The van der Waals surface area contributed by atoms with Gasteiger partial charge in [-0.2, -0.15) is 0 Å².